The fraction of sp³-hybridized carbons (Fsp3) is 0.304. The maximum atomic E-state index is 12.7. The van der Waals surface area contributed by atoms with Crippen molar-refractivity contribution in [3.8, 4) is 5.69 Å². The fourth-order valence-electron chi connectivity index (χ4n) is 3.86. The SMILES string of the molecule is Cc1ccc(-n2cnnc2SCC(=O)Nc2ccccc2CN2CCCC2C(N)=O)cc1. The summed E-state index contributed by atoms with van der Waals surface area (Å²) in [7, 11) is 0. The molecule has 0 aliphatic carbocycles. The average Bonchev–Trinajstić information content (AvgIpc) is 3.44. The largest absolute Gasteiger partial charge is 0.368 e. The number of thioether (sulfide) groups is 1. The molecule has 0 bridgehead atoms. The summed E-state index contributed by atoms with van der Waals surface area (Å²) < 4.78 is 1.86. The zero-order chi connectivity index (χ0) is 22.5. The molecule has 1 fully saturated rings. The average molecular weight is 451 g/mol. The number of hydrogen-bond donors (Lipinski definition) is 2. The molecule has 3 N–H and O–H groups in total. The molecule has 2 heterocycles. The number of rotatable bonds is 8. The maximum absolute atomic E-state index is 12.7. The van der Waals surface area contributed by atoms with Gasteiger partial charge in [-0.05, 0) is 50.1 Å². The van der Waals surface area contributed by atoms with Crippen molar-refractivity contribution in [3.05, 3.63) is 66.0 Å². The molecule has 0 spiro atoms. The first-order valence-corrected chi connectivity index (χ1v) is 11.5. The first-order chi connectivity index (χ1) is 15.5. The van der Waals surface area contributed by atoms with Gasteiger partial charge >= 0.3 is 0 Å². The molecule has 2 amide bonds. The Hall–Kier alpha value is -3.17. The van der Waals surface area contributed by atoms with Crippen molar-refractivity contribution in [1.29, 1.82) is 0 Å². The second-order valence-electron chi connectivity index (χ2n) is 7.84. The molecule has 1 aromatic heterocycles. The van der Waals surface area contributed by atoms with Gasteiger partial charge in [0.2, 0.25) is 11.8 Å². The van der Waals surface area contributed by atoms with Crippen LogP contribution >= 0.6 is 11.8 Å². The second kappa shape index (κ2) is 9.97. The molecule has 0 saturated carbocycles. The van der Waals surface area contributed by atoms with Crippen LogP contribution in [0.4, 0.5) is 5.69 Å². The molecule has 1 saturated heterocycles. The Morgan fingerprint density at radius 2 is 1.97 bits per heavy atom. The predicted octanol–water partition coefficient (Wildman–Crippen LogP) is 2.76. The molecule has 32 heavy (non-hydrogen) atoms. The summed E-state index contributed by atoms with van der Waals surface area (Å²) in [5.74, 6) is -0.223. The Labute approximate surface area is 191 Å². The number of aromatic nitrogens is 3. The van der Waals surface area contributed by atoms with Crippen molar-refractivity contribution in [3.63, 3.8) is 0 Å². The Morgan fingerprint density at radius 3 is 2.75 bits per heavy atom. The number of carbonyl (C=O) groups is 2. The van der Waals surface area contributed by atoms with Crippen LogP contribution in [0, 0.1) is 6.92 Å². The van der Waals surface area contributed by atoms with E-state index in [2.05, 4.69) is 20.4 Å². The van der Waals surface area contributed by atoms with Crippen LogP contribution < -0.4 is 11.1 Å². The Balaban J connectivity index is 1.39. The first-order valence-electron chi connectivity index (χ1n) is 10.5. The number of likely N-dealkylation sites (tertiary alicyclic amines) is 1. The molecule has 1 atom stereocenters. The zero-order valence-electron chi connectivity index (χ0n) is 17.9. The quantitative estimate of drug-likeness (QED) is 0.511. The minimum atomic E-state index is -0.293. The van der Waals surface area contributed by atoms with Crippen LogP contribution in [0.2, 0.25) is 0 Å². The third-order valence-electron chi connectivity index (χ3n) is 5.52. The summed E-state index contributed by atoms with van der Waals surface area (Å²) in [6.07, 6.45) is 3.37. The van der Waals surface area contributed by atoms with Gasteiger partial charge in [-0.2, -0.15) is 0 Å². The van der Waals surface area contributed by atoms with Crippen LogP contribution in [-0.4, -0.2) is 49.8 Å². The highest BCUT2D eigenvalue weighted by Gasteiger charge is 2.29. The van der Waals surface area contributed by atoms with Crippen LogP contribution in [0.5, 0.6) is 0 Å². The van der Waals surface area contributed by atoms with E-state index >= 15 is 0 Å². The first kappa shape index (κ1) is 22.0. The molecule has 8 nitrogen and oxygen atoms in total. The van der Waals surface area contributed by atoms with Crippen LogP contribution in [0.25, 0.3) is 5.69 Å². The van der Waals surface area contributed by atoms with E-state index in [0.29, 0.717) is 11.7 Å². The number of carbonyl (C=O) groups excluding carboxylic acids is 2. The van der Waals surface area contributed by atoms with E-state index in [1.54, 1.807) is 6.33 Å². The molecule has 1 unspecified atom stereocenters. The molecule has 1 aliphatic heterocycles. The van der Waals surface area contributed by atoms with E-state index in [9.17, 15) is 9.59 Å². The van der Waals surface area contributed by atoms with Crippen molar-refractivity contribution < 1.29 is 9.59 Å². The number of anilines is 1. The smallest absolute Gasteiger partial charge is 0.234 e. The maximum Gasteiger partial charge on any atom is 0.234 e. The third kappa shape index (κ3) is 5.17. The van der Waals surface area contributed by atoms with Gasteiger partial charge in [0.1, 0.15) is 6.33 Å². The fourth-order valence-corrected chi connectivity index (χ4v) is 4.59. The lowest BCUT2D eigenvalue weighted by Crippen LogP contribution is -2.39. The van der Waals surface area contributed by atoms with E-state index in [-0.39, 0.29) is 23.6 Å². The monoisotopic (exact) mass is 450 g/mol. The Morgan fingerprint density at radius 1 is 1.19 bits per heavy atom. The van der Waals surface area contributed by atoms with Gasteiger partial charge in [0.25, 0.3) is 0 Å². The number of nitrogens with two attached hydrogens (primary N) is 1. The molecule has 1 aliphatic rings. The zero-order valence-corrected chi connectivity index (χ0v) is 18.7. The number of aryl methyl sites for hydroxylation is 1. The molecule has 4 rings (SSSR count). The van der Waals surface area contributed by atoms with Gasteiger partial charge in [-0.25, -0.2) is 0 Å². The van der Waals surface area contributed by atoms with Gasteiger partial charge in [0.05, 0.1) is 11.8 Å². The highest BCUT2D eigenvalue weighted by Crippen LogP contribution is 2.25. The normalized spacial score (nSPS) is 16.2. The van der Waals surface area contributed by atoms with Crippen molar-refractivity contribution in [1.82, 2.24) is 19.7 Å². The summed E-state index contributed by atoms with van der Waals surface area (Å²) in [4.78, 5) is 26.5. The van der Waals surface area contributed by atoms with E-state index in [1.807, 2.05) is 60.0 Å². The molecule has 3 aromatic rings. The minimum absolute atomic E-state index is 0.131. The molecule has 0 radical (unpaired) electrons. The summed E-state index contributed by atoms with van der Waals surface area (Å²) in [6, 6.07) is 15.5. The standard InChI is InChI=1S/C23H26N6O2S/c1-16-8-10-18(11-9-16)29-15-25-27-23(29)32-14-21(30)26-19-6-3-2-5-17(19)13-28-12-4-7-20(28)22(24)31/h2-3,5-6,8-11,15,20H,4,7,12-14H2,1H3,(H2,24,31)(H,26,30). The number of hydrogen-bond acceptors (Lipinski definition) is 6. The van der Waals surface area contributed by atoms with Crippen LogP contribution in [0.3, 0.4) is 0 Å². The third-order valence-corrected chi connectivity index (χ3v) is 6.46. The van der Waals surface area contributed by atoms with E-state index in [1.165, 1.54) is 17.3 Å². The van der Waals surface area contributed by atoms with Crippen LogP contribution in [-0.2, 0) is 16.1 Å². The van der Waals surface area contributed by atoms with Gasteiger partial charge < -0.3 is 11.1 Å². The summed E-state index contributed by atoms with van der Waals surface area (Å²) >= 11 is 1.33. The van der Waals surface area contributed by atoms with Gasteiger partial charge in [0.15, 0.2) is 5.16 Å². The Kier molecular flexibility index (Phi) is 6.87. The number of para-hydroxylation sites is 1. The Bertz CT molecular complexity index is 1100. The van der Waals surface area contributed by atoms with Gasteiger partial charge in [0, 0.05) is 17.9 Å². The lowest BCUT2D eigenvalue weighted by Gasteiger charge is -2.23. The van der Waals surface area contributed by atoms with Crippen LogP contribution in [0.15, 0.2) is 60.0 Å². The van der Waals surface area contributed by atoms with Gasteiger partial charge in [-0.1, -0.05) is 47.7 Å². The highest BCUT2D eigenvalue weighted by molar-refractivity contribution is 7.99. The van der Waals surface area contributed by atoms with Crippen molar-refractivity contribution in [2.24, 2.45) is 5.73 Å². The van der Waals surface area contributed by atoms with Gasteiger partial charge in [-0.3, -0.25) is 19.1 Å². The minimum Gasteiger partial charge on any atom is -0.368 e. The number of nitrogens with zero attached hydrogens (tertiary/aromatic N) is 4. The molecule has 2 aromatic carbocycles. The number of primary amides is 1. The number of amides is 2. The molecular formula is C23H26N6O2S. The lowest BCUT2D eigenvalue weighted by molar-refractivity contribution is -0.122. The predicted molar refractivity (Wildman–Crippen MR) is 125 cm³/mol. The van der Waals surface area contributed by atoms with Crippen molar-refractivity contribution in [2.75, 3.05) is 17.6 Å². The molecule has 9 heteroatoms. The topological polar surface area (TPSA) is 106 Å². The van der Waals surface area contributed by atoms with E-state index < -0.39 is 0 Å². The van der Waals surface area contributed by atoms with E-state index in [0.717, 1.165) is 36.3 Å². The summed E-state index contributed by atoms with van der Waals surface area (Å²) in [5.41, 5.74) is 9.36. The van der Waals surface area contributed by atoms with Crippen molar-refractivity contribution >= 4 is 29.3 Å². The number of nitrogens with one attached hydrogen (secondary N) is 1. The summed E-state index contributed by atoms with van der Waals surface area (Å²) in [6.45, 7) is 3.42. The molecular weight excluding hydrogens is 424 g/mol. The van der Waals surface area contributed by atoms with Gasteiger partial charge in [-0.15, -0.1) is 10.2 Å². The van der Waals surface area contributed by atoms with Crippen molar-refractivity contribution in [2.45, 2.75) is 37.5 Å². The highest BCUT2D eigenvalue weighted by atomic mass is 32.2. The lowest BCUT2D eigenvalue weighted by atomic mass is 10.1. The van der Waals surface area contributed by atoms with E-state index in [4.69, 9.17) is 5.73 Å². The molecule has 166 valence electrons. The summed E-state index contributed by atoms with van der Waals surface area (Å²) in [5, 5.41) is 11.8. The second-order valence-corrected chi connectivity index (χ2v) is 8.79. The number of benzene rings is 2. The van der Waals surface area contributed by atoms with Crippen LogP contribution in [0.1, 0.15) is 24.0 Å².